The molecule has 7 heteroatoms. The highest BCUT2D eigenvalue weighted by Crippen LogP contribution is 2.33. The van der Waals surface area contributed by atoms with Gasteiger partial charge >= 0.3 is 0 Å². The van der Waals surface area contributed by atoms with Crippen LogP contribution in [0.5, 0.6) is 0 Å². The molecule has 1 fully saturated rings. The lowest BCUT2D eigenvalue weighted by Crippen LogP contribution is -2.34. The van der Waals surface area contributed by atoms with Crippen LogP contribution >= 0.6 is 0 Å². The van der Waals surface area contributed by atoms with Gasteiger partial charge in [0.1, 0.15) is 23.4 Å². The van der Waals surface area contributed by atoms with Crippen molar-refractivity contribution in [1.29, 1.82) is 0 Å². The van der Waals surface area contributed by atoms with Crippen LogP contribution in [0.15, 0.2) is 42.6 Å². The van der Waals surface area contributed by atoms with Crippen molar-refractivity contribution in [3.8, 4) is 0 Å². The quantitative estimate of drug-likeness (QED) is 0.722. The molecular formula is C19H22N6O. The van der Waals surface area contributed by atoms with E-state index < -0.39 is 0 Å². The van der Waals surface area contributed by atoms with Crippen molar-refractivity contribution in [2.24, 2.45) is 0 Å². The number of carbonyl (C=O) groups is 1. The SMILES string of the molecule is CN(C)c1cc([C@H]2CCCN2C(=O)Cn2nc3ccccc3n2)ccn1. The normalized spacial score (nSPS) is 17.0. The first-order valence-corrected chi connectivity index (χ1v) is 8.84. The van der Waals surface area contributed by atoms with E-state index in [1.54, 1.807) is 0 Å². The van der Waals surface area contributed by atoms with Crippen LogP contribution in [-0.4, -0.2) is 51.4 Å². The van der Waals surface area contributed by atoms with Gasteiger partial charge in [-0.3, -0.25) is 4.79 Å². The Balaban J connectivity index is 1.54. The molecule has 1 aliphatic rings. The fourth-order valence-electron chi connectivity index (χ4n) is 3.48. The smallest absolute Gasteiger partial charge is 0.246 e. The molecule has 0 saturated carbocycles. The number of fused-ring (bicyclic) bond motifs is 1. The number of benzene rings is 1. The van der Waals surface area contributed by atoms with E-state index in [9.17, 15) is 4.79 Å². The van der Waals surface area contributed by atoms with E-state index >= 15 is 0 Å². The lowest BCUT2D eigenvalue weighted by Gasteiger charge is -2.25. The third-order valence-electron chi connectivity index (χ3n) is 4.79. The molecule has 0 spiro atoms. The first-order valence-electron chi connectivity index (χ1n) is 8.84. The summed E-state index contributed by atoms with van der Waals surface area (Å²) >= 11 is 0. The highest BCUT2D eigenvalue weighted by Gasteiger charge is 2.30. The molecule has 4 rings (SSSR count). The van der Waals surface area contributed by atoms with E-state index in [1.807, 2.05) is 60.4 Å². The molecule has 1 aliphatic heterocycles. The summed E-state index contributed by atoms with van der Waals surface area (Å²) in [6, 6.07) is 11.8. The number of carbonyl (C=O) groups excluding carboxylic acids is 1. The number of likely N-dealkylation sites (tertiary alicyclic amines) is 1. The van der Waals surface area contributed by atoms with Gasteiger partial charge < -0.3 is 9.80 Å². The van der Waals surface area contributed by atoms with Crippen LogP contribution in [0.1, 0.15) is 24.4 Å². The number of hydrogen-bond acceptors (Lipinski definition) is 5. The van der Waals surface area contributed by atoms with Crippen LogP contribution in [0.25, 0.3) is 11.0 Å². The maximum Gasteiger partial charge on any atom is 0.246 e. The average Bonchev–Trinajstić information content (AvgIpc) is 3.28. The lowest BCUT2D eigenvalue weighted by molar-refractivity contribution is -0.133. The standard InChI is InChI=1S/C19H22N6O/c1-23(2)18-12-14(9-10-20-18)17-8-5-11-24(17)19(26)13-25-21-15-6-3-4-7-16(15)22-25/h3-4,6-7,9-10,12,17H,5,8,11,13H2,1-2H3/t17-/m1/s1. The molecule has 7 nitrogen and oxygen atoms in total. The van der Waals surface area contributed by atoms with Crippen LogP contribution in [0.4, 0.5) is 5.82 Å². The molecule has 3 heterocycles. The largest absolute Gasteiger partial charge is 0.363 e. The van der Waals surface area contributed by atoms with E-state index in [2.05, 4.69) is 21.2 Å². The number of nitrogens with zero attached hydrogens (tertiary/aromatic N) is 6. The Morgan fingerprint density at radius 3 is 2.62 bits per heavy atom. The predicted molar refractivity (Wildman–Crippen MR) is 99.8 cm³/mol. The lowest BCUT2D eigenvalue weighted by atomic mass is 10.1. The second-order valence-corrected chi connectivity index (χ2v) is 6.81. The van der Waals surface area contributed by atoms with E-state index in [-0.39, 0.29) is 18.5 Å². The van der Waals surface area contributed by atoms with Gasteiger partial charge in [0, 0.05) is 26.8 Å². The summed E-state index contributed by atoms with van der Waals surface area (Å²) in [5.41, 5.74) is 2.75. The van der Waals surface area contributed by atoms with Crippen molar-refractivity contribution in [1.82, 2.24) is 24.9 Å². The number of aromatic nitrogens is 4. The van der Waals surface area contributed by atoms with Gasteiger partial charge in [0.25, 0.3) is 0 Å². The summed E-state index contributed by atoms with van der Waals surface area (Å²) in [7, 11) is 3.94. The Morgan fingerprint density at radius 1 is 1.19 bits per heavy atom. The number of amides is 1. The summed E-state index contributed by atoms with van der Waals surface area (Å²) in [5, 5.41) is 8.80. The topological polar surface area (TPSA) is 67.2 Å². The van der Waals surface area contributed by atoms with E-state index in [4.69, 9.17) is 0 Å². The van der Waals surface area contributed by atoms with Crippen LogP contribution in [-0.2, 0) is 11.3 Å². The van der Waals surface area contributed by atoms with E-state index in [0.29, 0.717) is 0 Å². The molecule has 0 bridgehead atoms. The Morgan fingerprint density at radius 2 is 1.92 bits per heavy atom. The Bertz CT molecular complexity index is 901. The van der Waals surface area contributed by atoms with Crippen molar-refractivity contribution in [3.05, 3.63) is 48.2 Å². The van der Waals surface area contributed by atoms with Crippen molar-refractivity contribution in [2.75, 3.05) is 25.5 Å². The van der Waals surface area contributed by atoms with Crippen LogP contribution in [0.3, 0.4) is 0 Å². The van der Waals surface area contributed by atoms with Gasteiger partial charge in [-0.25, -0.2) is 4.98 Å². The number of anilines is 1. The third-order valence-corrected chi connectivity index (χ3v) is 4.79. The third kappa shape index (κ3) is 3.12. The molecule has 0 unspecified atom stereocenters. The highest BCUT2D eigenvalue weighted by atomic mass is 16.2. The van der Waals surface area contributed by atoms with Gasteiger partial charge in [0.2, 0.25) is 5.91 Å². The zero-order valence-corrected chi connectivity index (χ0v) is 15.0. The summed E-state index contributed by atoms with van der Waals surface area (Å²) < 4.78 is 0. The Labute approximate surface area is 152 Å². The monoisotopic (exact) mass is 350 g/mol. The molecule has 1 atom stereocenters. The predicted octanol–water partition coefficient (Wildman–Crippen LogP) is 2.26. The minimum absolute atomic E-state index is 0.0519. The first kappa shape index (κ1) is 16.5. The zero-order chi connectivity index (χ0) is 18.1. The van der Waals surface area contributed by atoms with E-state index in [0.717, 1.165) is 41.8 Å². The summed E-state index contributed by atoms with van der Waals surface area (Å²) in [5.74, 6) is 0.956. The Hall–Kier alpha value is -2.96. The van der Waals surface area contributed by atoms with Crippen LogP contribution < -0.4 is 4.90 Å². The second kappa shape index (κ2) is 6.74. The number of rotatable bonds is 4. The van der Waals surface area contributed by atoms with Gasteiger partial charge in [-0.2, -0.15) is 15.0 Å². The highest BCUT2D eigenvalue weighted by molar-refractivity contribution is 5.78. The molecule has 0 N–H and O–H groups in total. The van der Waals surface area contributed by atoms with Crippen LogP contribution in [0.2, 0.25) is 0 Å². The van der Waals surface area contributed by atoms with Gasteiger partial charge in [-0.15, -0.1) is 0 Å². The van der Waals surface area contributed by atoms with Crippen molar-refractivity contribution < 1.29 is 4.79 Å². The van der Waals surface area contributed by atoms with Gasteiger partial charge in [-0.05, 0) is 42.7 Å². The van der Waals surface area contributed by atoms with Gasteiger partial charge in [0.05, 0.1) is 6.04 Å². The fraction of sp³-hybridized carbons (Fsp3) is 0.368. The fourth-order valence-corrected chi connectivity index (χ4v) is 3.48. The minimum atomic E-state index is 0.0519. The molecular weight excluding hydrogens is 328 g/mol. The molecule has 1 saturated heterocycles. The van der Waals surface area contributed by atoms with Crippen LogP contribution in [0, 0.1) is 0 Å². The second-order valence-electron chi connectivity index (χ2n) is 6.81. The van der Waals surface area contributed by atoms with Crippen molar-refractivity contribution >= 4 is 22.8 Å². The Kier molecular flexibility index (Phi) is 4.28. The maximum absolute atomic E-state index is 12.9. The zero-order valence-electron chi connectivity index (χ0n) is 15.0. The molecule has 1 aromatic carbocycles. The minimum Gasteiger partial charge on any atom is -0.363 e. The molecule has 134 valence electrons. The number of pyridine rings is 1. The molecule has 3 aromatic rings. The van der Waals surface area contributed by atoms with Crippen molar-refractivity contribution in [2.45, 2.75) is 25.4 Å². The summed E-state index contributed by atoms with van der Waals surface area (Å²) in [4.78, 5) is 22.7. The van der Waals surface area contributed by atoms with Crippen molar-refractivity contribution in [3.63, 3.8) is 0 Å². The van der Waals surface area contributed by atoms with Gasteiger partial charge in [-0.1, -0.05) is 12.1 Å². The maximum atomic E-state index is 12.9. The molecule has 26 heavy (non-hydrogen) atoms. The summed E-state index contributed by atoms with van der Waals surface area (Å²) in [6.07, 6.45) is 3.79. The number of hydrogen-bond donors (Lipinski definition) is 0. The molecule has 0 aliphatic carbocycles. The molecule has 0 radical (unpaired) electrons. The molecule has 2 aromatic heterocycles. The van der Waals surface area contributed by atoms with Gasteiger partial charge in [0.15, 0.2) is 0 Å². The molecule has 1 amide bonds. The summed E-state index contributed by atoms with van der Waals surface area (Å²) in [6.45, 7) is 0.931. The van der Waals surface area contributed by atoms with E-state index in [1.165, 1.54) is 4.80 Å². The first-order chi connectivity index (χ1) is 12.6. The average molecular weight is 350 g/mol.